The third kappa shape index (κ3) is 4.20. The topological polar surface area (TPSA) is 69.0 Å². The van der Waals surface area contributed by atoms with E-state index < -0.39 is 6.10 Å². The smallest absolute Gasteiger partial charge is 0.255 e. The van der Waals surface area contributed by atoms with Gasteiger partial charge in [-0.1, -0.05) is 43.9 Å². The van der Waals surface area contributed by atoms with Crippen molar-refractivity contribution in [2.75, 3.05) is 5.32 Å². The molecule has 1 aliphatic carbocycles. The number of carbonyl (C=O) groups excluding carboxylic acids is 1. The third-order valence-corrected chi connectivity index (χ3v) is 4.39. The predicted octanol–water partition coefficient (Wildman–Crippen LogP) is 3.33. The molecule has 1 aliphatic rings. The molecular formula is C18H24N4O2. The van der Waals surface area contributed by atoms with Gasteiger partial charge < -0.3 is 4.74 Å². The second kappa shape index (κ2) is 8.06. The Morgan fingerprint density at radius 2 is 1.92 bits per heavy atom. The summed E-state index contributed by atoms with van der Waals surface area (Å²) in [7, 11) is 0. The van der Waals surface area contributed by atoms with Crippen LogP contribution in [0.25, 0.3) is 5.69 Å². The number of hydrogen-bond acceptors (Lipinski definition) is 4. The zero-order chi connectivity index (χ0) is 16.8. The summed E-state index contributed by atoms with van der Waals surface area (Å²) in [4.78, 5) is 12.4. The summed E-state index contributed by atoms with van der Waals surface area (Å²) in [6.45, 7) is 1.80. The van der Waals surface area contributed by atoms with E-state index in [1.54, 1.807) is 17.8 Å². The molecule has 1 N–H and O–H groups in total. The molecule has 3 rings (SSSR count). The lowest BCUT2D eigenvalue weighted by Gasteiger charge is -2.20. The van der Waals surface area contributed by atoms with E-state index in [2.05, 4.69) is 15.5 Å². The normalized spacial score (nSPS) is 17.2. The Labute approximate surface area is 142 Å². The van der Waals surface area contributed by atoms with E-state index in [1.807, 2.05) is 30.3 Å². The number of para-hydroxylation sites is 1. The molecule has 1 atom stereocenters. The molecule has 1 fully saturated rings. The molecule has 0 bridgehead atoms. The lowest BCUT2D eigenvalue weighted by molar-refractivity contribution is -0.130. The number of anilines is 1. The standard InChI is InChI=1S/C18H24N4O2/c1-14(24-16-11-7-2-3-8-12-16)17(23)20-18-21-19-13-22(18)15-9-5-4-6-10-15/h4-6,9-10,13-14,16H,2-3,7-8,11-12H2,1H3,(H,20,21,23)/t14-/m0/s1. The minimum atomic E-state index is -0.506. The molecule has 2 aromatic rings. The number of ether oxygens (including phenoxy) is 1. The second-order valence-electron chi connectivity index (χ2n) is 6.24. The van der Waals surface area contributed by atoms with Crippen molar-refractivity contribution in [1.29, 1.82) is 0 Å². The molecule has 0 spiro atoms. The molecule has 6 nitrogen and oxygen atoms in total. The van der Waals surface area contributed by atoms with Crippen LogP contribution in [-0.2, 0) is 9.53 Å². The van der Waals surface area contributed by atoms with Crippen LogP contribution in [0.4, 0.5) is 5.95 Å². The molecule has 0 aliphatic heterocycles. The molecular weight excluding hydrogens is 304 g/mol. The van der Waals surface area contributed by atoms with Gasteiger partial charge in [0.2, 0.25) is 5.95 Å². The van der Waals surface area contributed by atoms with Gasteiger partial charge in [-0.3, -0.25) is 14.7 Å². The summed E-state index contributed by atoms with van der Waals surface area (Å²) in [5.74, 6) is 0.215. The highest BCUT2D eigenvalue weighted by Crippen LogP contribution is 2.21. The number of hydrogen-bond donors (Lipinski definition) is 1. The molecule has 1 heterocycles. The van der Waals surface area contributed by atoms with Crippen LogP contribution in [0.1, 0.15) is 45.4 Å². The van der Waals surface area contributed by atoms with Gasteiger partial charge in [0.25, 0.3) is 5.91 Å². The molecule has 0 unspecified atom stereocenters. The van der Waals surface area contributed by atoms with Gasteiger partial charge >= 0.3 is 0 Å². The minimum Gasteiger partial charge on any atom is -0.365 e. The van der Waals surface area contributed by atoms with Crippen molar-refractivity contribution in [2.45, 2.75) is 57.7 Å². The van der Waals surface area contributed by atoms with Crippen LogP contribution < -0.4 is 5.32 Å². The molecule has 1 saturated carbocycles. The van der Waals surface area contributed by atoms with Crippen molar-refractivity contribution in [1.82, 2.24) is 14.8 Å². The van der Waals surface area contributed by atoms with Crippen LogP contribution in [0.15, 0.2) is 36.7 Å². The largest absolute Gasteiger partial charge is 0.365 e. The second-order valence-corrected chi connectivity index (χ2v) is 6.24. The first kappa shape index (κ1) is 16.6. The van der Waals surface area contributed by atoms with Crippen molar-refractivity contribution >= 4 is 11.9 Å². The lowest BCUT2D eigenvalue weighted by Crippen LogP contribution is -2.32. The summed E-state index contributed by atoms with van der Waals surface area (Å²) in [6.07, 6.45) is 8.23. The predicted molar refractivity (Wildman–Crippen MR) is 92.0 cm³/mol. The molecule has 24 heavy (non-hydrogen) atoms. The van der Waals surface area contributed by atoms with Gasteiger partial charge in [0.1, 0.15) is 12.4 Å². The van der Waals surface area contributed by atoms with Gasteiger partial charge in [-0.15, -0.1) is 10.2 Å². The zero-order valence-electron chi connectivity index (χ0n) is 14.0. The van der Waals surface area contributed by atoms with Gasteiger partial charge in [0.15, 0.2) is 0 Å². The first-order valence-corrected chi connectivity index (χ1v) is 8.66. The number of amides is 1. The molecule has 128 valence electrons. The Morgan fingerprint density at radius 1 is 1.21 bits per heavy atom. The highest BCUT2D eigenvalue weighted by Gasteiger charge is 2.22. The van der Waals surface area contributed by atoms with Gasteiger partial charge in [0.05, 0.1) is 11.8 Å². The fourth-order valence-corrected chi connectivity index (χ4v) is 3.04. The van der Waals surface area contributed by atoms with Crippen molar-refractivity contribution in [3.63, 3.8) is 0 Å². The molecule has 1 aromatic heterocycles. The van der Waals surface area contributed by atoms with E-state index in [1.165, 1.54) is 25.7 Å². The minimum absolute atomic E-state index is 0.181. The quantitative estimate of drug-likeness (QED) is 0.855. The van der Waals surface area contributed by atoms with Gasteiger partial charge in [-0.25, -0.2) is 0 Å². The summed E-state index contributed by atoms with van der Waals surface area (Å²) < 4.78 is 7.70. The van der Waals surface area contributed by atoms with Gasteiger partial charge in [-0.2, -0.15) is 0 Å². The first-order chi connectivity index (χ1) is 11.7. The Hall–Kier alpha value is -2.21. The fourth-order valence-electron chi connectivity index (χ4n) is 3.04. The van der Waals surface area contributed by atoms with E-state index in [9.17, 15) is 4.79 Å². The summed E-state index contributed by atoms with van der Waals surface area (Å²) in [6, 6.07) is 9.67. The van der Waals surface area contributed by atoms with Crippen LogP contribution in [0.5, 0.6) is 0 Å². The van der Waals surface area contributed by atoms with Crippen LogP contribution in [0.2, 0.25) is 0 Å². The maximum atomic E-state index is 12.4. The maximum absolute atomic E-state index is 12.4. The average molecular weight is 328 g/mol. The van der Waals surface area contributed by atoms with Crippen LogP contribution >= 0.6 is 0 Å². The van der Waals surface area contributed by atoms with Gasteiger partial charge in [0, 0.05) is 0 Å². The molecule has 6 heteroatoms. The number of nitrogens with zero attached hydrogens (tertiary/aromatic N) is 3. The number of aromatic nitrogens is 3. The monoisotopic (exact) mass is 328 g/mol. The molecule has 0 radical (unpaired) electrons. The van der Waals surface area contributed by atoms with E-state index in [4.69, 9.17) is 4.74 Å². The highest BCUT2D eigenvalue weighted by molar-refractivity contribution is 5.92. The average Bonchev–Trinajstić information content (AvgIpc) is 2.91. The molecule has 1 amide bonds. The third-order valence-electron chi connectivity index (χ3n) is 4.39. The van der Waals surface area contributed by atoms with E-state index in [0.29, 0.717) is 5.95 Å². The SMILES string of the molecule is C[C@H](OC1CCCCCC1)C(=O)Nc1nncn1-c1ccccc1. The Kier molecular flexibility index (Phi) is 5.59. The van der Waals surface area contributed by atoms with Crippen LogP contribution in [-0.4, -0.2) is 32.9 Å². The van der Waals surface area contributed by atoms with E-state index in [-0.39, 0.29) is 12.0 Å². The molecule has 0 saturated heterocycles. The number of carbonyl (C=O) groups is 1. The summed E-state index contributed by atoms with van der Waals surface area (Å²) in [5.41, 5.74) is 0.898. The highest BCUT2D eigenvalue weighted by atomic mass is 16.5. The number of benzene rings is 1. The van der Waals surface area contributed by atoms with E-state index >= 15 is 0 Å². The van der Waals surface area contributed by atoms with Crippen LogP contribution in [0.3, 0.4) is 0 Å². The Bertz CT molecular complexity index is 648. The van der Waals surface area contributed by atoms with Crippen LogP contribution in [0, 0.1) is 0 Å². The first-order valence-electron chi connectivity index (χ1n) is 8.66. The van der Waals surface area contributed by atoms with Crippen molar-refractivity contribution < 1.29 is 9.53 Å². The maximum Gasteiger partial charge on any atom is 0.255 e. The van der Waals surface area contributed by atoms with Crippen molar-refractivity contribution in [3.05, 3.63) is 36.7 Å². The summed E-state index contributed by atoms with van der Waals surface area (Å²) in [5, 5.41) is 10.7. The lowest BCUT2D eigenvalue weighted by atomic mass is 10.1. The van der Waals surface area contributed by atoms with E-state index in [0.717, 1.165) is 18.5 Å². The number of nitrogens with one attached hydrogen (secondary N) is 1. The Balaban J connectivity index is 1.61. The molecule has 1 aromatic carbocycles. The van der Waals surface area contributed by atoms with Gasteiger partial charge in [-0.05, 0) is 31.9 Å². The number of rotatable bonds is 5. The zero-order valence-corrected chi connectivity index (χ0v) is 14.0. The van der Waals surface area contributed by atoms with Crippen molar-refractivity contribution in [2.24, 2.45) is 0 Å². The Morgan fingerprint density at radius 3 is 2.62 bits per heavy atom. The van der Waals surface area contributed by atoms with Crippen molar-refractivity contribution in [3.8, 4) is 5.69 Å². The summed E-state index contributed by atoms with van der Waals surface area (Å²) >= 11 is 0. The fraction of sp³-hybridized carbons (Fsp3) is 0.500.